The largest absolute Gasteiger partial charge is 0.467 e. The van der Waals surface area contributed by atoms with Gasteiger partial charge in [-0.2, -0.15) is 0 Å². The highest BCUT2D eigenvalue weighted by molar-refractivity contribution is 5.96. The van der Waals surface area contributed by atoms with Crippen molar-refractivity contribution >= 4 is 35.6 Å². The summed E-state index contributed by atoms with van der Waals surface area (Å²) < 4.78 is 36.2. The smallest absolute Gasteiger partial charge is 0.338 e. The van der Waals surface area contributed by atoms with Crippen molar-refractivity contribution in [3.63, 3.8) is 0 Å². The Balaban J connectivity index is 1.27. The molecule has 1 amide bonds. The van der Waals surface area contributed by atoms with Gasteiger partial charge in [-0.05, 0) is 74.2 Å². The van der Waals surface area contributed by atoms with Gasteiger partial charge >= 0.3 is 23.9 Å². The number of aliphatic hydroxyl groups excluding tert-OH is 2. The molecule has 16 heteroatoms. The minimum absolute atomic E-state index is 0.00709. The number of amides is 1. The summed E-state index contributed by atoms with van der Waals surface area (Å²) >= 11 is 0. The summed E-state index contributed by atoms with van der Waals surface area (Å²) in [5.74, 6) is -7.14. The number of Topliss-reactive ketones (excluding diaryl/α,β-unsaturated/α-hetero) is 1. The van der Waals surface area contributed by atoms with E-state index in [0.717, 1.165) is 6.92 Å². The maximum Gasteiger partial charge on any atom is 0.338 e. The first kappa shape index (κ1) is 43.9. The second-order valence-corrected chi connectivity index (χ2v) is 18.1. The zero-order valence-corrected chi connectivity index (χ0v) is 35.5. The van der Waals surface area contributed by atoms with Crippen molar-refractivity contribution in [3.05, 3.63) is 107 Å². The van der Waals surface area contributed by atoms with Crippen molar-refractivity contribution in [1.29, 1.82) is 0 Å². The molecular formula is C47H51NO15. The van der Waals surface area contributed by atoms with E-state index in [1.54, 1.807) is 50.2 Å². The van der Waals surface area contributed by atoms with E-state index >= 15 is 4.79 Å². The van der Waals surface area contributed by atoms with Crippen LogP contribution in [0.5, 0.6) is 0 Å². The van der Waals surface area contributed by atoms with Gasteiger partial charge in [0.1, 0.15) is 35.7 Å². The van der Waals surface area contributed by atoms with Gasteiger partial charge in [0.2, 0.25) is 0 Å². The molecule has 1 aliphatic heterocycles. The number of carbonyl (C=O) groups excluding carboxylic acids is 6. The molecule has 4 N–H and O–H groups in total. The summed E-state index contributed by atoms with van der Waals surface area (Å²) in [5, 5.41) is 40.2. The van der Waals surface area contributed by atoms with Gasteiger partial charge in [0.15, 0.2) is 23.6 Å². The van der Waals surface area contributed by atoms with Crippen LogP contribution >= 0.6 is 0 Å². The van der Waals surface area contributed by atoms with Crippen molar-refractivity contribution in [2.75, 3.05) is 6.61 Å². The molecule has 2 heterocycles. The molecule has 8 rings (SSSR count). The summed E-state index contributed by atoms with van der Waals surface area (Å²) in [5.41, 5.74) is -7.42. The molecule has 4 aliphatic carbocycles. The van der Waals surface area contributed by atoms with Crippen molar-refractivity contribution in [3.8, 4) is 0 Å². The van der Waals surface area contributed by atoms with Crippen LogP contribution in [0.4, 0.5) is 0 Å². The highest BCUT2D eigenvalue weighted by Gasteiger charge is 2.78. The van der Waals surface area contributed by atoms with Crippen LogP contribution in [0, 0.1) is 22.7 Å². The molecule has 1 saturated heterocycles. The Labute approximate surface area is 362 Å². The number of ketones is 1. The lowest BCUT2D eigenvalue weighted by molar-refractivity contribution is -0.346. The Morgan fingerprint density at radius 3 is 2.11 bits per heavy atom. The number of rotatable bonds is 11. The van der Waals surface area contributed by atoms with E-state index in [4.69, 9.17) is 28.1 Å². The lowest BCUT2D eigenvalue weighted by Gasteiger charge is -2.67. The van der Waals surface area contributed by atoms with E-state index in [-0.39, 0.29) is 41.1 Å². The van der Waals surface area contributed by atoms with E-state index < -0.39 is 119 Å². The number of benzene rings is 2. The van der Waals surface area contributed by atoms with Crippen LogP contribution < -0.4 is 5.32 Å². The summed E-state index contributed by atoms with van der Waals surface area (Å²) in [6.45, 7) is 6.87. The molecule has 3 saturated carbocycles. The van der Waals surface area contributed by atoms with Crippen molar-refractivity contribution in [2.45, 2.75) is 114 Å². The average molecular weight is 870 g/mol. The van der Waals surface area contributed by atoms with E-state index in [0.29, 0.717) is 12.8 Å². The Bertz CT molecular complexity index is 2320. The maximum absolute atomic E-state index is 15.6. The number of esters is 4. The zero-order chi connectivity index (χ0) is 45.2. The van der Waals surface area contributed by atoms with Crippen LogP contribution in [0.2, 0.25) is 0 Å². The molecule has 11 unspecified atom stereocenters. The van der Waals surface area contributed by atoms with Crippen LogP contribution in [0.1, 0.15) is 92.8 Å². The van der Waals surface area contributed by atoms with Gasteiger partial charge in [-0.3, -0.25) is 19.2 Å². The average Bonchev–Trinajstić information content (AvgIpc) is 3.97. The third-order valence-electron chi connectivity index (χ3n) is 14.0. The van der Waals surface area contributed by atoms with Gasteiger partial charge in [-0.15, -0.1) is 0 Å². The first-order chi connectivity index (χ1) is 29.8. The van der Waals surface area contributed by atoms with E-state index in [2.05, 4.69) is 5.32 Å². The number of ether oxygens (including phenoxy) is 5. The Hall–Kier alpha value is -5.68. The molecular weight excluding hydrogens is 819 g/mol. The Kier molecular flexibility index (Phi) is 11.3. The molecule has 63 heavy (non-hydrogen) atoms. The summed E-state index contributed by atoms with van der Waals surface area (Å²) in [6.07, 6.45) is -8.17. The zero-order valence-electron chi connectivity index (χ0n) is 35.5. The number of carbonyl (C=O) groups is 6. The molecule has 1 aromatic heterocycles. The molecule has 3 aromatic rings. The van der Waals surface area contributed by atoms with E-state index in [1.165, 1.54) is 56.5 Å². The quantitative estimate of drug-likeness (QED) is 0.122. The van der Waals surface area contributed by atoms with Gasteiger partial charge in [0.25, 0.3) is 5.91 Å². The molecule has 0 spiro atoms. The SMILES string of the molecule is CC(=O)OC1C(=O)C2(C)C(O)CC3OCC3(OC(=O)C3CC3)C2C(OC(=O)c2ccccc2)C2(O)CC(OC(=O)C(O)C(NC(=O)c3ccccc3)c3ccco3)C(C)=C1C2(C)C. The van der Waals surface area contributed by atoms with Crippen LogP contribution in [-0.2, 0) is 42.9 Å². The third-order valence-corrected chi connectivity index (χ3v) is 14.0. The third kappa shape index (κ3) is 7.26. The fourth-order valence-corrected chi connectivity index (χ4v) is 10.3. The lowest BCUT2D eigenvalue weighted by atomic mass is 9.44. The topological polar surface area (TPSA) is 234 Å². The van der Waals surface area contributed by atoms with Crippen molar-refractivity contribution < 1.29 is 72.2 Å². The second kappa shape index (κ2) is 16.1. The summed E-state index contributed by atoms with van der Waals surface area (Å²) in [7, 11) is 0. The van der Waals surface area contributed by atoms with Gasteiger partial charge in [-0.25, -0.2) is 9.59 Å². The minimum Gasteiger partial charge on any atom is -0.467 e. The fourth-order valence-electron chi connectivity index (χ4n) is 10.3. The second-order valence-electron chi connectivity index (χ2n) is 18.1. The molecule has 334 valence electrons. The molecule has 2 aromatic carbocycles. The van der Waals surface area contributed by atoms with Crippen molar-refractivity contribution in [2.24, 2.45) is 22.7 Å². The van der Waals surface area contributed by atoms with Gasteiger partial charge in [-0.1, -0.05) is 50.2 Å². The molecule has 11 atom stereocenters. The lowest BCUT2D eigenvalue weighted by Crippen LogP contribution is -2.82. The number of hydrogen-bond acceptors (Lipinski definition) is 15. The predicted octanol–water partition coefficient (Wildman–Crippen LogP) is 3.72. The number of fused-ring (bicyclic) bond motifs is 5. The van der Waals surface area contributed by atoms with E-state index in [9.17, 15) is 39.3 Å². The highest BCUT2D eigenvalue weighted by Crippen LogP contribution is 2.64. The van der Waals surface area contributed by atoms with Crippen LogP contribution in [0.25, 0.3) is 0 Å². The van der Waals surface area contributed by atoms with E-state index in [1.807, 2.05) is 0 Å². The summed E-state index contributed by atoms with van der Waals surface area (Å²) in [4.78, 5) is 84.3. The normalized spacial score (nSPS) is 32.8. The molecule has 5 aliphatic rings. The van der Waals surface area contributed by atoms with Gasteiger partial charge in [0, 0.05) is 30.7 Å². The van der Waals surface area contributed by atoms with Gasteiger partial charge in [0.05, 0.1) is 41.8 Å². The molecule has 4 fully saturated rings. The standard InChI is InChI=1S/C47H51NO15/c1-24-30(61-43(56)35(51)34(29-17-12-20-58-29)48-40(53)26-13-8-6-9-14-26)22-47(57)39(62-41(54)27-15-10-7-11-16-27)37-45(5,38(52)36(60-25(2)49)33(24)44(47,3)4)31(50)21-32-46(37,23-59-32)63-42(55)28-18-19-28/h6-17,20,28,30-32,34-37,39,50-51,57H,18-19,21-23H2,1-5H3,(H,48,53). The number of nitrogens with one attached hydrogen (secondary N) is 1. The Morgan fingerprint density at radius 1 is 0.889 bits per heavy atom. The first-order valence-corrected chi connectivity index (χ1v) is 21.1. The van der Waals surface area contributed by atoms with Crippen LogP contribution in [-0.4, -0.2) is 105 Å². The fraction of sp³-hybridized carbons (Fsp3) is 0.489. The van der Waals surface area contributed by atoms with Crippen LogP contribution in [0.15, 0.2) is 94.6 Å². The number of hydrogen-bond donors (Lipinski definition) is 4. The number of aliphatic hydroxyl groups is 3. The highest BCUT2D eigenvalue weighted by atomic mass is 16.6. The molecule has 2 bridgehead atoms. The van der Waals surface area contributed by atoms with Crippen LogP contribution in [0.3, 0.4) is 0 Å². The first-order valence-electron chi connectivity index (χ1n) is 21.1. The molecule has 16 nitrogen and oxygen atoms in total. The predicted molar refractivity (Wildman–Crippen MR) is 217 cm³/mol. The molecule has 0 radical (unpaired) electrons. The Morgan fingerprint density at radius 2 is 1.54 bits per heavy atom. The van der Waals surface area contributed by atoms with Crippen molar-refractivity contribution in [1.82, 2.24) is 5.32 Å². The number of furan rings is 1. The van der Waals surface area contributed by atoms with Gasteiger partial charge < -0.3 is 48.7 Å². The summed E-state index contributed by atoms with van der Waals surface area (Å²) in [6, 6.07) is 17.4. The minimum atomic E-state index is -2.40. The monoisotopic (exact) mass is 869 g/mol. The maximum atomic E-state index is 15.6.